The highest BCUT2D eigenvalue weighted by molar-refractivity contribution is 5.82. The van der Waals surface area contributed by atoms with Crippen molar-refractivity contribution in [1.82, 2.24) is 0 Å². The third-order valence-electron chi connectivity index (χ3n) is 8.00. The first kappa shape index (κ1) is 22.9. The maximum Gasteiger partial charge on any atom is 0.339 e. The van der Waals surface area contributed by atoms with E-state index < -0.39 is 11.7 Å². The Morgan fingerprint density at radius 2 is 1.38 bits per heavy atom. The van der Waals surface area contributed by atoms with Gasteiger partial charge in [-0.05, 0) is 40.9 Å². The zero-order valence-electron chi connectivity index (χ0n) is 20.3. The van der Waals surface area contributed by atoms with E-state index in [0.29, 0.717) is 5.92 Å². The molecule has 1 heterocycles. The SMILES string of the molecule is C[C@@H]1CC[C@@H](C(C)(C)c2ccccc2)[C@H](OC(=O)[C@H]2OC2(c2ccccc2)c2ccccc2)C1. The molecule has 0 spiro atoms. The molecule has 176 valence electrons. The topological polar surface area (TPSA) is 38.8 Å². The quantitative estimate of drug-likeness (QED) is 0.309. The summed E-state index contributed by atoms with van der Waals surface area (Å²) in [5, 5.41) is 0. The van der Waals surface area contributed by atoms with E-state index in [1.165, 1.54) is 5.56 Å². The molecule has 0 aromatic heterocycles. The van der Waals surface area contributed by atoms with Crippen molar-refractivity contribution in [2.24, 2.45) is 11.8 Å². The van der Waals surface area contributed by atoms with Crippen LogP contribution in [0.5, 0.6) is 0 Å². The molecule has 3 heteroatoms. The highest BCUT2D eigenvalue weighted by Crippen LogP contribution is 2.53. The third-order valence-corrected chi connectivity index (χ3v) is 8.00. The molecule has 0 amide bonds. The van der Waals surface area contributed by atoms with Crippen LogP contribution >= 0.6 is 0 Å². The summed E-state index contributed by atoms with van der Waals surface area (Å²) in [5.41, 5.74) is 2.40. The molecule has 5 rings (SSSR count). The molecule has 3 aromatic rings. The molecule has 1 saturated carbocycles. The Morgan fingerprint density at radius 1 is 0.853 bits per heavy atom. The van der Waals surface area contributed by atoms with Gasteiger partial charge in [0, 0.05) is 5.92 Å². The second-order valence-corrected chi connectivity index (χ2v) is 10.6. The number of rotatable bonds is 6. The number of esters is 1. The lowest BCUT2D eigenvalue weighted by molar-refractivity contribution is -0.158. The van der Waals surface area contributed by atoms with E-state index in [0.717, 1.165) is 30.4 Å². The molecule has 2 aliphatic rings. The fourth-order valence-electron chi connectivity index (χ4n) is 5.92. The molecular formula is C31H34O3. The van der Waals surface area contributed by atoms with Crippen LogP contribution in [0.2, 0.25) is 0 Å². The number of carbonyl (C=O) groups is 1. The normalized spacial score (nSPS) is 26.0. The summed E-state index contributed by atoms with van der Waals surface area (Å²) in [5.74, 6) is 0.547. The molecular weight excluding hydrogens is 420 g/mol. The second kappa shape index (κ2) is 9.03. The molecule has 1 aliphatic heterocycles. The van der Waals surface area contributed by atoms with Crippen molar-refractivity contribution in [2.75, 3.05) is 0 Å². The summed E-state index contributed by atoms with van der Waals surface area (Å²) < 4.78 is 12.6. The average molecular weight is 455 g/mol. The number of epoxide rings is 1. The summed E-state index contributed by atoms with van der Waals surface area (Å²) in [6.07, 6.45) is 2.35. The molecule has 4 atom stereocenters. The highest BCUT2D eigenvalue weighted by Gasteiger charge is 2.64. The van der Waals surface area contributed by atoms with Crippen molar-refractivity contribution < 1.29 is 14.3 Å². The van der Waals surface area contributed by atoms with E-state index in [-0.39, 0.29) is 23.4 Å². The molecule has 0 radical (unpaired) electrons. The summed E-state index contributed by atoms with van der Waals surface area (Å²) in [7, 11) is 0. The standard InChI is InChI=1S/C31H34O3/c1-22-19-20-26(30(2,3)23-13-7-4-8-14-23)27(21-22)33-29(32)28-31(34-28,24-15-9-5-10-16-24)25-17-11-6-12-18-25/h4-18,22,26-28H,19-21H2,1-3H3/t22-,26-,27-,28-/m1/s1. The minimum absolute atomic E-state index is 0.0906. The maximum absolute atomic E-state index is 13.6. The van der Waals surface area contributed by atoms with E-state index in [2.05, 4.69) is 51.1 Å². The first-order valence-electron chi connectivity index (χ1n) is 12.5. The van der Waals surface area contributed by atoms with Gasteiger partial charge in [0.05, 0.1) is 0 Å². The Morgan fingerprint density at radius 3 is 1.94 bits per heavy atom. The van der Waals surface area contributed by atoms with E-state index >= 15 is 0 Å². The van der Waals surface area contributed by atoms with Gasteiger partial charge in [0.25, 0.3) is 0 Å². The predicted molar refractivity (Wildman–Crippen MR) is 134 cm³/mol. The van der Waals surface area contributed by atoms with Gasteiger partial charge < -0.3 is 9.47 Å². The smallest absolute Gasteiger partial charge is 0.339 e. The minimum atomic E-state index is -0.773. The molecule has 0 N–H and O–H groups in total. The summed E-state index contributed by atoms with van der Waals surface area (Å²) in [6.45, 7) is 6.84. The van der Waals surface area contributed by atoms with Crippen LogP contribution in [0, 0.1) is 11.8 Å². The Balaban J connectivity index is 1.41. The Hall–Kier alpha value is -2.91. The lowest BCUT2D eigenvalue weighted by Crippen LogP contribution is -2.44. The first-order chi connectivity index (χ1) is 16.4. The van der Waals surface area contributed by atoms with Crippen molar-refractivity contribution in [3.05, 3.63) is 108 Å². The van der Waals surface area contributed by atoms with E-state index in [1.807, 2.05) is 60.7 Å². The fourth-order valence-corrected chi connectivity index (χ4v) is 5.92. The average Bonchev–Trinajstić information content (AvgIpc) is 3.63. The second-order valence-electron chi connectivity index (χ2n) is 10.6. The van der Waals surface area contributed by atoms with Gasteiger partial charge in [-0.3, -0.25) is 0 Å². The zero-order chi connectivity index (χ0) is 23.8. The number of hydrogen-bond donors (Lipinski definition) is 0. The predicted octanol–water partition coefficient (Wildman–Crippen LogP) is 6.65. The molecule has 1 aliphatic carbocycles. The van der Waals surface area contributed by atoms with E-state index in [9.17, 15) is 4.79 Å². The summed E-state index contributed by atoms with van der Waals surface area (Å²) >= 11 is 0. The third kappa shape index (κ3) is 4.07. The molecule has 0 bridgehead atoms. The first-order valence-corrected chi connectivity index (χ1v) is 12.5. The van der Waals surface area contributed by atoms with E-state index in [4.69, 9.17) is 9.47 Å². The van der Waals surface area contributed by atoms with Crippen molar-refractivity contribution in [1.29, 1.82) is 0 Å². The molecule has 34 heavy (non-hydrogen) atoms. The fraction of sp³-hybridized carbons (Fsp3) is 0.387. The van der Waals surface area contributed by atoms with Crippen LogP contribution in [0.4, 0.5) is 0 Å². The highest BCUT2D eigenvalue weighted by atomic mass is 16.7. The van der Waals surface area contributed by atoms with Gasteiger partial charge in [0.15, 0.2) is 11.7 Å². The molecule has 0 unspecified atom stereocenters. The van der Waals surface area contributed by atoms with Gasteiger partial charge in [-0.2, -0.15) is 0 Å². The largest absolute Gasteiger partial charge is 0.460 e. The van der Waals surface area contributed by atoms with Crippen LogP contribution in [0.1, 0.15) is 56.7 Å². The van der Waals surface area contributed by atoms with Gasteiger partial charge in [-0.1, -0.05) is 118 Å². The van der Waals surface area contributed by atoms with Gasteiger partial charge in [0.2, 0.25) is 0 Å². The van der Waals surface area contributed by atoms with Crippen LogP contribution in [0.25, 0.3) is 0 Å². The van der Waals surface area contributed by atoms with Crippen molar-refractivity contribution in [3.8, 4) is 0 Å². The minimum Gasteiger partial charge on any atom is -0.460 e. The van der Waals surface area contributed by atoms with Crippen LogP contribution < -0.4 is 0 Å². The molecule has 3 aromatic carbocycles. The van der Waals surface area contributed by atoms with Crippen LogP contribution in [-0.2, 0) is 25.3 Å². The Bertz CT molecular complexity index is 1070. The number of carbonyl (C=O) groups excluding carboxylic acids is 1. The Kier molecular flexibility index (Phi) is 6.07. The van der Waals surface area contributed by atoms with Gasteiger partial charge >= 0.3 is 5.97 Å². The van der Waals surface area contributed by atoms with Crippen LogP contribution in [0.3, 0.4) is 0 Å². The summed E-state index contributed by atoms with van der Waals surface area (Å²) in [4.78, 5) is 13.6. The maximum atomic E-state index is 13.6. The molecule has 2 fully saturated rings. The van der Waals surface area contributed by atoms with Gasteiger partial charge in [-0.25, -0.2) is 4.79 Å². The Labute approximate surface area is 203 Å². The van der Waals surface area contributed by atoms with Crippen LogP contribution in [0.15, 0.2) is 91.0 Å². The van der Waals surface area contributed by atoms with E-state index in [1.54, 1.807) is 0 Å². The van der Waals surface area contributed by atoms with Gasteiger partial charge in [-0.15, -0.1) is 0 Å². The summed E-state index contributed by atoms with van der Waals surface area (Å²) in [6, 6.07) is 30.7. The van der Waals surface area contributed by atoms with Crippen molar-refractivity contribution >= 4 is 5.97 Å². The van der Waals surface area contributed by atoms with Gasteiger partial charge in [0.1, 0.15) is 6.10 Å². The lowest BCUT2D eigenvalue weighted by Gasteiger charge is -2.44. The zero-order valence-corrected chi connectivity index (χ0v) is 20.3. The van der Waals surface area contributed by atoms with Crippen LogP contribution in [-0.4, -0.2) is 18.2 Å². The van der Waals surface area contributed by atoms with Crippen molar-refractivity contribution in [2.45, 2.75) is 63.3 Å². The van der Waals surface area contributed by atoms with Crippen molar-refractivity contribution in [3.63, 3.8) is 0 Å². The number of benzene rings is 3. The number of hydrogen-bond acceptors (Lipinski definition) is 3. The molecule has 1 saturated heterocycles. The monoisotopic (exact) mass is 454 g/mol. The molecule has 3 nitrogen and oxygen atoms in total. The number of ether oxygens (including phenoxy) is 2. The lowest BCUT2D eigenvalue weighted by atomic mass is 9.64.